The molecule has 3 N–H and O–H groups in total. The number of nitrogens with zero attached hydrogens (tertiary/aromatic N) is 2. The highest BCUT2D eigenvalue weighted by molar-refractivity contribution is 7.93. The standard InChI is InChI=1S/C22H27F2N3O3S2.H2S/c1-11(2)14-7-13(10-25)20(24)19(12(3)4)15(14)8-18(28)27-32(26,30)21-16(23)9-17(31-21)22(5,6)29;/h7,9,11-12,29H,8H2,1-6H3,(H2,26,27,28,30);1H2. The maximum absolute atomic E-state index is 14.9. The predicted octanol–water partition coefficient (Wildman–Crippen LogP) is 4.95. The minimum absolute atomic E-state index is 0. The van der Waals surface area contributed by atoms with Crippen molar-refractivity contribution in [2.75, 3.05) is 0 Å². The Hall–Kier alpha value is -1.84. The van der Waals surface area contributed by atoms with E-state index in [1.807, 2.05) is 19.9 Å². The lowest BCUT2D eigenvalue weighted by atomic mass is 9.85. The number of nitrogens with two attached hydrogens (primary N) is 1. The first kappa shape index (κ1) is 29.2. The molecule has 0 aliphatic rings. The van der Waals surface area contributed by atoms with Gasteiger partial charge in [0, 0.05) is 4.88 Å². The Balaban J connectivity index is 0.00000544. The van der Waals surface area contributed by atoms with Crippen LogP contribution in [0.25, 0.3) is 0 Å². The molecule has 0 bridgehead atoms. The van der Waals surface area contributed by atoms with Gasteiger partial charge in [-0.15, -0.1) is 15.7 Å². The van der Waals surface area contributed by atoms with Gasteiger partial charge in [-0.1, -0.05) is 27.7 Å². The average Bonchev–Trinajstić information content (AvgIpc) is 3.04. The number of benzene rings is 1. The van der Waals surface area contributed by atoms with Gasteiger partial charge in [0.1, 0.15) is 11.9 Å². The highest BCUT2D eigenvalue weighted by Crippen LogP contribution is 2.35. The van der Waals surface area contributed by atoms with Crippen molar-refractivity contribution in [3.8, 4) is 6.07 Å². The zero-order chi connectivity index (χ0) is 24.6. The van der Waals surface area contributed by atoms with Crippen LogP contribution in [0.4, 0.5) is 8.78 Å². The third kappa shape index (κ3) is 6.39. The lowest BCUT2D eigenvalue weighted by molar-refractivity contribution is -0.117. The lowest BCUT2D eigenvalue weighted by Gasteiger charge is -2.20. The number of amides is 1. The lowest BCUT2D eigenvalue weighted by Crippen LogP contribution is -2.17. The summed E-state index contributed by atoms with van der Waals surface area (Å²) in [7, 11) is -3.93. The third-order valence-corrected chi connectivity index (χ3v) is 8.24. The normalized spacial score (nSPS) is 13.4. The van der Waals surface area contributed by atoms with Crippen LogP contribution in [-0.4, -0.2) is 15.2 Å². The monoisotopic (exact) mass is 517 g/mol. The zero-order valence-corrected chi connectivity index (χ0v) is 22.0. The van der Waals surface area contributed by atoms with E-state index >= 15 is 0 Å². The van der Waals surface area contributed by atoms with Crippen LogP contribution in [0.5, 0.6) is 0 Å². The molecule has 1 amide bonds. The number of halogens is 2. The van der Waals surface area contributed by atoms with Crippen molar-refractivity contribution >= 4 is 40.7 Å². The summed E-state index contributed by atoms with van der Waals surface area (Å²) >= 11 is 0.678. The number of rotatable bonds is 6. The van der Waals surface area contributed by atoms with Gasteiger partial charge >= 0.3 is 0 Å². The SMILES string of the molecule is CC(C)c1cc(C#N)c(F)c(C(C)C)c1CC(=O)N=S(N)(=O)c1sc(C(C)(C)O)cc1F.S. The van der Waals surface area contributed by atoms with E-state index in [0.29, 0.717) is 22.5 Å². The smallest absolute Gasteiger partial charge is 0.259 e. The molecule has 0 aliphatic carbocycles. The van der Waals surface area contributed by atoms with E-state index in [4.69, 9.17) is 5.14 Å². The maximum Gasteiger partial charge on any atom is 0.259 e. The molecule has 1 unspecified atom stereocenters. The van der Waals surface area contributed by atoms with Crippen molar-refractivity contribution < 1.29 is 22.9 Å². The minimum atomic E-state index is -3.93. The molecule has 11 heteroatoms. The van der Waals surface area contributed by atoms with Crippen LogP contribution in [0.3, 0.4) is 0 Å². The number of carbonyl (C=O) groups is 1. The Kier molecular flexibility index (Phi) is 9.39. The Bertz CT molecular complexity index is 1220. The van der Waals surface area contributed by atoms with Crippen molar-refractivity contribution in [3.63, 3.8) is 0 Å². The Morgan fingerprint density at radius 1 is 1.27 bits per heavy atom. The molecule has 1 aromatic heterocycles. The van der Waals surface area contributed by atoms with Crippen molar-refractivity contribution in [2.24, 2.45) is 9.50 Å². The van der Waals surface area contributed by atoms with E-state index < -0.39 is 43.7 Å². The molecule has 1 atom stereocenters. The summed E-state index contributed by atoms with van der Waals surface area (Å²) in [6, 6.07) is 4.25. The van der Waals surface area contributed by atoms with E-state index in [2.05, 4.69) is 4.36 Å². The second-order valence-corrected chi connectivity index (χ2v) is 11.7. The van der Waals surface area contributed by atoms with E-state index in [1.54, 1.807) is 13.8 Å². The van der Waals surface area contributed by atoms with Crippen LogP contribution in [0.1, 0.15) is 80.5 Å². The van der Waals surface area contributed by atoms with Gasteiger partial charge in [-0.25, -0.2) is 18.1 Å². The molecule has 2 rings (SSSR count). The molecular weight excluding hydrogens is 488 g/mol. The number of carbonyl (C=O) groups excluding carboxylic acids is 1. The summed E-state index contributed by atoms with van der Waals surface area (Å²) < 4.78 is 45.4. The number of thiophene rings is 1. The third-order valence-electron chi connectivity index (χ3n) is 4.86. The first-order chi connectivity index (χ1) is 14.6. The van der Waals surface area contributed by atoms with Crippen molar-refractivity contribution in [1.82, 2.24) is 0 Å². The molecule has 0 fully saturated rings. The van der Waals surface area contributed by atoms with Gasteiger partial charge in [0.2, 0.25) is 0 Å². The Labute approximate surface area is 204 Å². The molecule has 0 saturated carbocycles. The van der Waals surface area contributed by atoms with E-state index in [1.165, 1.54) is 19.9 Å². The van der Waals surface area contributed by atoms with Crippen LogP contribution >= 0.6 is 24.8 Å². The molecule has 6 nitrogen and oxygen atoms in total. The molecule has 0 spiro atoms. The number of aliphatic hydroxyl groups is 1. The summed E-state index contributed by atoms with van der Waals surface area (Å²) in [6.07, 6.45) is -0.400. The van der Waals surface area contributed by atoms with Crippen molar-refractivity contribution in [3.05, 3.63) is 50.9 Å². The van der Waals surface area contributed by atoms with Crippen molar-refractivity contribution in [1.29, 1.82) is 5.26 Å². The van der Waals surface area contributed by atoms with E-state index in [0.717, 1.165) is 6.07 Å². The number of hydrogen-bond acceptors (Lipinski definition) is 5. The van der Waals surface area contributed by atoms with Gasteiger partial charge in [-0.2, -0.15) is 18.8 Å². The Morgan fingerprint density at radius 2 is 1.85 bits per heavy atom. The highest BCUT2D eigenvalue weighted by atomic mass is 32.2. The van der Waals surface area contributed by atoms with Crippen LogP contribution in [0, 0.1) is 23.0 Å². The molecule has 0 radical (unpaired) electrons. The maximum atomic E-state index is 14.9. The first-order valence-corrected chi connectivity index (χ1v) is 12.3. The van der Waals surface area contributed by atoms with Crippen molar-refractivity contribution in [2.45, 2.75) is 69.6 Å². The van der Waals surface area contributed by atoms with Gasteiger partial charge in [0.15, 0.2) is 19.9 Å². The number of nitriles is 1. The fourth-order valence-corrected chi connectivity index (χ4v) is 5.78. The zero-order valence-electron chi connectivity index (χ0n) is 19.3. The average molecular weight is 518 g/mol. The summed E-state index contributed by atoms with van der Waals surface area (Å²) in [6.45, 7) is 10.0. The summed E-state index contributed by atoms with van der Waals surface area (Å²) in [5.74, 6) is -3.00. The van der Waals surface area contributed by atoms with Crippen LogP contribution in [-0.2, 0) is 26.7 Å². The van der Waals surface area contributed by atoms with E-state index in [9.17, 15) is 28.2 Å². The summed E-state index contributed by atoms with van der Waals surface area (Å²) in [4.78, 5) is 12.9. The molecule has 1 aromatic carbocycles. The van der Waals surface area contributed by atoms with Crippen LogP contribution in [0.15, 0.2) is 20.7 Å². The van der Waals surface area contributed by atoms with Gasteiger partial charge < -0.3 is 5.11 Å². The molecule has 0 saturated heterocycles. The predicted molar refractivity (Wildman–Crippen MR) is 131 cm³/mol. The van der Waals surface area contributed by atoms with Gasteiger partial charge in [-0.3, -0.25) is 4.79 Å². The molecule has 2 aromatic rings. The second-order valence-electron chi connectivity index (χ2n) is 8.68. The second kappa shape index (κ2) is 10.6. The van der Waals surface area contributed by atoms with Crippen LogP contribution in [0.2, 0.25) is 0 Å². The molecule has 1 heterocycles. The molecular formula is C22H29F2N3O3S3. The highest BCUT2D eigenvalue weighted by Gasteiger charge is 2.27. The summed E-state index contributed by atoms with van der Waals surface area (Å²) in [5, 5.41) is 25.1. The number of hydrogen-bond donors (Lipinski definition) is 2. The van der Waals surface area contributed by atoms with Gasteiger partial charge in [-0.05, 0) is 54.5 Å². The quantitative estimate of drug-likeness (QED) is 0.563. The van der Waals surface area contributed by atoms with E-state index in [-0.39, 0.29) is 41.3 Å². The first-order valence-electron chi connectivity index (χ1n) is 9.95. The largest absolute Gasteiger partial charge is 0.385 e. The fourth-order valence-electron chi connectivity index (χ4n) is 3.36. The summed E-state index contributed by atoms with van der Waals surface area (Å²) in [5.41, 5.74) is -0.328. The van der Waals surface area contributed by atoms with Crippen LogP contribution < -0.4 is 5.14 Å². The molecule has 33 heavy (non-hydrogen) atoms. The fraction of sp³-hybridized carbons (Fsp3) is 0.455. The molecule has 182 valence electrons. The van der Waals surface area contributed by atoms with Gasteiger partial charge in [0.25, 0.3) is 5.91 Å². The Morgan fingerprint density at radius 3 is 2.27 bits per heavy atom. The molecule has 0 aliphatic heterocycles. The minimum Gasteiger partial charge on any atom is -0.385 e. The van der Waals surface area contributed by atoms with Gasteiger partial charge in [0.05, 0.1) is 17.6 Å². The topological polar surface area (TPSA) is 117 Å².